The molecule has 124 valence electrons. The fourth-order valence-electron chi connectivity index (χ4n) is 2.84. The Hall–Kier alpha value is -0.0800. The van der Waals surface area contributed by atoms with Crippen LogP contribution >= 0.6 is 24.0 Å². The van der Waals surface area contributed by atoms with E-state index in [0.717, 1.165) is 64.5 Å². The van der Waals surface area contributed by atoms with Crippen LogP contribution in [-0.4, -0.2) is 61.0 Å². The molecule has 0 radical (unpaired) electrons. The molecule has 2 fully saturated rings. The third-order valence-electron chi connectivity index (χ3n) is 4.29. The second kappa shape index (κ2) is 9.15. The lowest BCUT2D eigenvalue weighted by molar-refractivity contribution is -0.0237. The van der Waals surface area contributed by atoms with Crippen LogP contribution in [0, 0.1) is 5.92 Å². The molecule has 1 heterocycles. The number of halogens is 1. The molecule has 1 aliphatic carbocycles. The summed E-state index contributed by atoms with van der Waals surface area (Å²) in [5, 5.41) is 13.5. The van der Waals surface area contributed by atoms with Crippen molar-refractivity contribution in [2.24, 2.45) is 10.9 Å². The second-order valence-electron chi connectivity index (χ2n) is 6.01. The summed E-state index contributed by atoms with van der Waals surface area (Å²) in [6.07, 6.45) is 4.07. The van der Waals surface area contributed by atoms with Gasteiger partial charge in [0.2, 0.25) is 0 Å². The number of nitrogens with zero attached hydrogens (tertiary/aromatic N) is 2. The monoisotopic (exact) mass is 411 g/mol. The molecule has 0 bridgehead atoms. The molecule has 2 aliphatic rings. The van der Waals surface area contributed by atoms with E-state index < -0.39 is 5.60 Å². The highest BCUT2D eigenvalue weighted by Crippen LogP contribution is 2.31. The summed E-state index contributed by atoms with van der Waals surface area (Å²) in [4.78, 5) is 6.95. The minimum atomic E-state index is -0.537. The van der Waals surface area contributed by atoms with E-state index in [4.69, 9.17) is 4.74 Å². The predicted octanol–water partition coefficient (Wildman–Crippen LogP) is 1.84. The van der Waals surface area contributed by atoms with Gasteiger partial charge in [0.05, 0.1) is 18.8 Å². The van der Waals surface area contributed by atoms with Crippen molar-refractivity contribution in [1.29, 1.82) is 0 Å². The molecule has 0 aromatic carbocycles. The van der Waals surface area contributed by atoms with Gasteiger partial charge >= 0.3 is 0 Å². The van der Waals surface area contributed by atoms with Gasteiger partial charge in [-0.2, -0.15) is 0 Å². The number of aliphatic hydroxyl groups is 1. The lowest BCUT2D eigenvalue weighted by atomic mass is 9.80. The minimum absolute atomic E-state index is 0. The number of aliphatic imine (C=N–C) groups is 1. The van der Waals surface area contributed by atoms with E-state index in [0.29, 0.717) is 12.5 Å². The minimum Gasteiger partial charge on any atom is -0.388 e. The lowest BCUT2D eigenvalue weighted by Crippen LogP contribution is -2.44. The van der Waals surface area contributed by atoms with Gasteiger partial charge in [0.1, 0.15) is 0 Å². The van der Waals surface area contributed by atoms with Crippen LogP contribution in [0.25, 0.3) is 0 Å². The van der Waals surface area contributed by atoms with E-state index in [-0.39, 0.29) is 24.0 Å². The van der Waals surface area contributed by atoms with Gasteiger partial charge in [-0.15, -0.1) is 24.0 Å². The van der Waals surface area contributed by atoms with Crippen LogP contribution in [0.3, 0.4) is 0 Å². The maximum atomic E-state index is 10.2. The molecule has 0 amide bonds. The summed E-state index contributed by atoms with van der Waals surface area (Å²) in [6, 6.07) is 0. The largest absolute Gasteiger partial charge is 0.388 e. The molecule has 1 saturated heterocycles. The van der Waals surface area contributed by atoms with E-state index in [1.807, 2.05) is 6.92 Å². The summed E-state index contributed by atoms with van der Waals surface area (Å²) in [6.45, 7) is 9.19. The maximum Gasteiger partial charge on any atom is 0.194 e. The van der Waals surface area contributed by atoms with Crippen LogP contribution in [0.4, 0.5) is 0 Å². The standard InChI is InChI=1S/C15H29N3O2.HI/c1-3-16-14(17-12-15(19)7-5-8-15)18-9-6-13(10-18)11-20-4-2;/h13,19H,3-12H2,1-2H3,(H,16,17);1H. The third kappa shape index (κ3) is 5.56. The van der Waals surface area contributed by atoms with Crippen molar-refractivity contribution in [3.05, 3.63) is 0 Å². The molecule has 6 heteroatoms. The molecule has 1 unspecified atom stereocenters. The van der Waals surface area contributed by atoms with E-state index in [9.17, 15) is 5.11 Å². The van der Waals surface area contributed by atoms with Crippen LogP contribution in [0.1, 0.15) is 39.5 Å². The Balaban J connectivity index is 0.00000220. The third-order valence-corrected chi connectivity index (χ3v) is 4.29. The molecule has 1 aliphatic heterocycles. The van der Waals surface area contributed by atoms with Gasteiger partial charge in [-0.25, -0.2) is 0 Å². The summed E-state index contributed by atoms with van der Waals surface area (Å²) < 4.78 is 5.52. The fraction of sp³-hybridized carbons (Fsp3) is 0.933. The lowest BCUT2D eigenvalue weighted by Gasteiger charge is -2.35. The quantitative estimate of drug-likeness (QED) is 0.398. The van der Waals surface area contributed by atoms with Gasteiger partial charge in [0.15, 0.2) is 5.96 Å². The van der Waals surface area contributed by atoms with E-state index in [1.54, 1.807) is 0 Å². The first-order valence-corrected chi connectivity index (χ1v) is 8.00. The highest BCUT2D eigenvalue weighted by Gasteiger charge is 2.34. The van der Waals surface area contributed by atoms with Crippen LogP contribution in [-0.2, 0) is 4.74 Å². The Bertz CT molecular complexity index is 335. The number of nitrogens with one attached hydrogen (secondary N) is 1. The number of likely N-dealkylation sites (tertiary alicyclic amines) is 1. The molecule has 1 atom stereocenters. The van der Waals surface area contributed by atoms with Gasteiger partial charge in [-0.05, 0) is 39.5 Å². The molecule has 2 N–H and O–H groups in total. The zero-order valence-corrected chi connectivity index (χ0v) is 15.6. The highest BCUT2D eigenvalue weighted by atomic mass is 127. The topological polar surface area (TPSA) is 57.1 Å². The van der Waals surface area contributed by atoms with Crippen molar-refractivity contribution in [2.45, 2.75) is 45.1 Å². The van der Waals surface area contributed by atoms with Crippen molar-refractivity contribution < 1.29 is 9.84 Å². The van der Waals surface area contributed by atoms with E-state index in [1.165, 1.54) is 0 Å². The van der Waals surface area contributed by atoms with Crippen LogP contribution in [0.5, 0.6) is 0 Å². The molecule has 1 saturated carbocycles. The van der Waals surface area contributed by atoms with Crippen molar-refractivity contribution in [1.82, 2.24) is 10.2 Å². The number of hydrogen-bond acceptors (Lipinski definition) is 3. The summed E-state index contributed by atoms with van der Waals surface area (Å²) in [5.41, 5.74) is -0.537. The van der Waals surface area contributed by atoms with Crippen molar-refractivity contribution in [2.75, 3.05) is 39.4 Å². The average Bonchev–Trinajstić information content (AvgIpc) is 2.87. The first kappa shape index (κ1) is 19.0. The molecule has 0 aromatic heterocycles. The van der Waals surface area contributed by atoms with Gasteiger partial charge in [0, 0.05) is 32.2 Å². The SMILES string of the molecule is CCNC(=NCC1(O)CCC1)N1CCC(COCC)C1.I. The molecule has 21 heavy (non-hydrogen) atoms. The number of ether oxygens (including phenoxy) is 1. The smallest absolute Gasteiger partial charge is 0.194 e. The van der Waals surface area contributed by atoms with Gasteiger partial charge in [-0.3, -0.25) is 4.99 Å². The van der Waals surface area contributed by atoms with Gasteiger partial charge < -0.3 is 20.1 Å². The van der Waals surface area contributed by atoms with Crippen LogP contribution < -0.4 is 5.32 Å². The summed E-state index contributed by atoms with van der Waals surface area (Å²) in [5.74, 6) is 1.55. The fourth-order valence-corrected chi connectivity index (χ4v) is 2.84. The molecule has 2 rings (SSSR count). The second-order valence-corrected chi connectivity index (χ2v) is 6.01. The Kier molecular flexibility index (Phi) is 8.26. The number of rotatable bonds is 6. The molecule has 0 aromatic rings. The first-order chi connectivity index (χ1) is 9.67. The van der Waals surface area contributed by atoms with Gasteiger partial charge in [-0.1, -0.05) is 0 Å². The number of guanidine groups is 1. The average molecular weight is 411 g/mol. The predicted molar refractivity (Wildman–Crippen MR) is 96.4 cm³/mol. The Morgan fingerprint density at radius 3 is 2.76 bits per heavy atom. The van der Waals surface area contributed by atoms with Crippen LogP contribution in [0.2, 0.25) is 0 Å². The van der Waals surface area contributed by atoms with Crippen molar-refractivity contribution >= 4 is 29.9 Å². The molecule has 5 nitrogen and oxygen atoms in total. The van der Waals surface area contributed by atoms with Crippen molar-refractivity contribution in [3.8, 4) is 0 Å². The molecular formula is C15H30IN3O2. The van der Waals surface area contributed by atoms with Gasteiger partial charge in [0.25, 0.3) is 0 Å². The zero-order valence-electron chi connectivity index (χ0n) is 13.3. The maximum absolute atomic E-state index is 10.2. The van der Waals surface area contributed by atoms with Crippen LogP contribution in [0.15, 0.2) is 4.99 Å². The Morgan fingerprint density at radius 1 is 1.43 bits per heavy atom. The van der Waals surface area contributed by atoms with E-state index >= 15 is 0 Å². The van der Waals surface area contributed by atoms with Crippen molar-refractivity contribution in [3.63, 3.8) is 0 Å². The summed E-state index contributed by atoms with van der Waals surface area (Å²) >= 11 is 0. The Morgan fingerprint density at radius 2 is 2.19 bits per heavy atom. The van der Waals surface area contributed by atoms with E-state index in [2.05, 4.69) is 22.1 Å². The molecule has 0 spiro atoms. The summed E-state index contributed by atoms with van der Waals surface area (Å²) in [7, 11) is 0. The zero-order chi connectivity index (χ0) is 14.4. The Labute approximate surface area is 145 Å². The molecular weight excluding hydrogens is 381 g/mol. The normalized spacial score (nSPS) is 24.4. The first-order valence-electron chi connectivity index (χ1n) is 8.00. The number of hydrogen-bond donors (Lipinski definition) is 2. The highest BCUT2D eigenvalue weighted by molar-refractivity contribution is 14.0.